The lowest BCUT2D eigenvalue weighted by Crippen LogP contribution is -2.45. The maximum absolute atomic E-state index is 6.14. The maximum atomic E-state index is 6.14. The van der Waals surface area contributed by atoms with Gasteiger partial charge in [-0.15, -0.1) is 0 Å². The van der Waals surface area contributed by atoms with Gasteiger partial charge >= 0.3 is 0 Å². The summed E-state index contributed by atoms with van der Waals surface area (Å²) < 4.78 is 11.8. The van der Waals surface area contributed by atoms with Crippen molar-refractivity contribution in [1.29, 1.82) is 0 Å². The van der Waals surface area contributed by atoms with Crippen LogP contribution in [0.1, 0.15) is 61.8 Å². The molecule has 0 aliphatic heterocycles. The third kappa shape index (κ3) is 9.39. The van der Waals surface area contributed by atoms with E-state index in [9.17, 15) is 0 Å². The molecule has 0 aliphatic carbocycles. The molecule has 0 fully saturated rings. The third-order valence-corrected chi connectivity index (χ3v) is 14.7. The van der Waals surface area contributed by atoms with Crippen LogP contribution in [0.25, 0.3) is 0 Å². The summed E-state index contributed by atoms with van der Waals surface area (Å²) in [6.07, 6.45) is 1.11. The summed E-state index contributed by atoms with van der Waals surface area (Å²) in [5.74, 6) is 0. The topological polar surface area (TPSA) is 44.5 Å². The first kappa shape index (κ1) is 25.6. The van der Waals surface area contributed by atoms with E-state index >= 15 is 0 Å². The average molecular weight is 364 g/mol. The van der Waals surface area contributed by atoms with Crippen molar-refractivity contribution >= 4 is 16.6 Å². The molecule has 0 aliphatic rings. The van der Waals surface area contributed by atoms with Gasteiger partial charge in [-0.2, -0.15) is 0 Å². The van der Waals surface area contributed by atoms with Crippen molar-refractivity contribution in [3.8, 4) is 0 Å². The summed E-state index contributed by atoms with van der Waals surface area (Å²) in [5.41, 5.74) is 7.71. The van der Waals surface area contributed by atoms with Crippen molar-refractivity contribution in [3.63, 3.8) is 0 Å². The lowest BCUT2D eigenvalue weighted by Gasteiger charge is -2.38. The molecular weight excluding hydrogens is 318 g/mol. The fourth-order valence-electron chi connectivity index (χ4n) is 2.84. The Kier molecular flexibility index (Phi) is 14.0. The van der Waals surface area contributed by atoms with E-state index in [4.69, 9.17) is 14.6 Å². The van der Waals surface area contributed by atoms with Gasteiger partial charge in [-0.1, -0.05) is 41.5 Å². The van der Waals surface area contributed by atoms with Crippen molar-refractivity contribution < 1.29 is 8.85 Å². The van der Waals surface area contributed by atoms with Crippen LogP contribution in [0.5, 0.6) is 0 Å². The monoisotopic (exact) mass is 363 g/mol. The van der Waals surface area contributed by atoms with Crippen LogP contribution in [-0.2, 0) is 8.85 Å². The van der Waals surface area contributed by atoms with Gasteiger partial charge in [0.15, 0.2) is 16.6 Å². The zero-order chi connectivity index (χ0) is 18.7. The second-order valence-corrected chi connectivity index (χ2v) is 17.4. The summed E-state index contributed by atoms with van der Waals surface area (Å²) in [7, 11) is -2.83. The summed E-state index contributed by atoms with van der Waals surface area (Å²) in [6.45, 7) is 24.9. The van der Waals surface area contributed by atoms with E-state index in [0.29, 0.717) is 11.1 Å². The SMILES string of the molecule is CCO[Si](C)(C)C(C)C.CCO[Si](CCCN)(C(C)C)C(C)C. The standard InChI is InChI=1S/C11H27NOSi.C7H18OSi/c1-6-13-14(10(2)3,11(4)5)9-7-8-12;1-6-8-9(4,5)7(2)3/h10-11H,6-9,12H2,1-5H3;7H,6H2,1-5H3. The van der Waals surface area contributed by atoms with Crippen LogP contribution >= 0.6 is 0 Å². The quantitative estimate of drug-likeness (QED) is 0.501. The van der Waals surface area contributed by atoms with Gasteiger partial charge in [0.1, 0.15) is 0 Å². The predicted octanol–water partition coefficient (Wildman–Crippen LogP) is 5.78. The van der Waals surface area contributed by atoms with E-state index in [1.165, 1.54) is 6.04 Å². The summed E-state index contributed by atoms with van der Waals surface area (Å²) >= 11 is 0. The van der Waals surface area contributed by atoms with Crippen molar-refractivity contribution in [1.82, 2.24) is 0 Å². The van der Waals surface area contributed by atoms with E-state index in [1.807, 2.05) is 0 Å². The molecule has 0 radical (unpaired) electrons. The van der Waals surface area contributed by atoms with Crippen LogP contribution in [0.3, 0.4) is 0 Å². The second-order valence-electron chi connectivity index (χ2n) is 7.78. The van der Waals surface area contributed by atoms with E-state index in [2.05, 4.69) is 68.5 Å². The number of nitrogens with two attached hydrogens (primary N) is 1. The van der Waals surface area contributed by atoms with Gasteiger partial charge in [-0.05, 0) is 62.6 Å². The maximum Gasteiger partial charge on any atom is 0.197 e. The largest absolute Gasteiger partial charge is 0.417 e. The second kappa shape index (κ2) is 12.6. The minimum absolute atomic E-state index is 0.689. The first-order chi connectivity index (χ1) is 10.5. The molecule has 0 spiro atoms. The summed E-state index contributed by atoms with van der Waals surface area (Å²) in [4.78, 5) is 0. The predicted molar refractivity (Wildman–Crippen MR) is 110 cm³/mol. The van der Waals surface area contributed by atoms with Gasteiger partial charge in [0.25, 0.3) is 0 Å². The van der Waals surface area contributed by atoms with Crippen LogP contribution in [-0.4, -0.2) is 36.4 Å². The molecule has 0 aromatic heterocycles. The highest BCUT2D eigenvalue weighted by molar-refractivity contribution is 6.76. The molecule has 23 heavy (non-hydrogen) atoms. The van der Waals surface area contributed by atoms with Gasteiger partial charge < -0.3 is 14.6 Å². The van der Waals surface area contributed by atoms with Crippen LogP contribution in [0.2, 0.25) is 35.8 Å². The Labute approximate surface area is 149 Å². The summed E-state index contributed by atoms with van der Waals surface area (Å²) in [6, 6.07) is 1.21. The lowest BCUT2D eigenvalue weighted by atomic mass is 10.5. The van der Waals surface area contributed by atoms with Gasteiger partial charge in [-0.25, -0.2) is 0 Å². The molecule has 0 aromatic carbocycles. The zero-order valence-corrected chi connectivity index (χ0v) is 19.7. The van der Waals surface area contributed by atoms with Gasteiger partial charge in [0, 0.05) is 13.2 Å². The Morgan fingerprint density at radius 1 is 0.783 bits per heavy atom. The molecule has 0 rings (SSSR count). The number of hydrogen-bond acceptors (Lipinski definition) is 3. The van der Waals surface area contributed by atoms with E-state index in [-0.39, 0.29) is 0 Å². The van der Waals surface area contributed by atoms with Crippen LogP contribution in [0.4, 0.5) is 0 Å². The normalized spacial score (nSPS) is 12.8. The van der Waals surface area contributed by atoms with Crippen molar-refractivity contribution in [2.24, 2.45) is 5.73 Å². The molecule has 3 nitrogen and oxygen atoms in total. The highest BCUT2D eigenvalue weighted by atomic mass is 28.4. The molecule has 0 bridgehead atoms. The average Bonchev–Trinajstić information content (AvgIpc) is 2.43. The fourth-order valence-corrected chi connectivity index (χ4v) is 8.51. The molecule has 0 unspecified atom stereocenters. The molecule has 2 N–H and O–H groups in total. The first-order valence-corrected chi connectivity index (χ1v) is 14.7. The minimum atomic E-state index is -1.55. The van der Waals surface area contributed by atoms with Crippen molar-refractivity contribution in [3.05, 3.63) is 0 Å². The molecule has 0 saturated heterocycles. The molecule has 142 valence electrons. The number of hydrogen-bond donors (Lipinski definition) is 1. The molecule has 0 heterocycles. The molecule has 0 amide bonds. The number of rotatable bonds is 10. The Balaban J connectivity index is 0. The lowest BCUT2D eigenvalue weighted by molar-refractivity contribution is 0.303. The highest BCUT2D eigenvalue weighted by Crippen LogP contribution is 2.37. The van der Waals surface area contributed by atoms with Gasteiger partial charge in [0.05, 0.1) is 0 Å². The molecular formula is C18H45NO2Si2. The third-order valence-electron chi connectivity index (χ3n) is 5.05. The van der Waals surface area contributed by atoms with E-state index in [0.717, 1.165) is 31.7 Å². The Bertz CT molecular complexity index is 274. The van der Waals surface area contributed by atoms with Gasteiger partial charge in [-0.3, -0.25) is 0 Å². The highest BCUT2D eigenvalue weighted by Gasteiger charge is 2.40. The molecule has 5 heteroatoms. The smallest absolute Gasteiger partial charge is 0.197 e. The van der Waals surface area contributed by atoms with Gasteiger partial charge in [0.2, 0.25) is 0 Å². The van der Waals surface area contributed by atoms with Crippen LogP contribution < -0.4 is 5.73 Å². The fraction of sp³-hybridized carbons (Fsp3) is 1.00. The molecule has 0 atom stereocenters. The molecule has 0 saturated carbocycles. The van der Waals surface area contributed by atoms with Crippen LogP contribution in [0, 0.1) is 0 Å². The van der Waals surface area contributed by atoms with Crippen LogP contribution in [0.15, 0.2) is 0 Å². The van der Waals surface area contributed by atoms with Crippen molar-refractivity contribution in [2.45, 2.75) is 97.6 Å². The van der Waals surface area contributed by atoms with E-state index < -0.39 is 16.6 Å². The summed E-state index contributed by atoms with van der Waals surface area (Å²) in [5, 5.41) is 0. The first-order valence-electron chi connectivity index (χ1n) is 9.49. The Hall–Kier alpha value is 0.314. The zero-order valence-electron chi connectivity index (χ0n) is 17.7. The van der Waals surface area contributed by atoms with E-state index in [1.54, 1.807) is 0 Å². The Morgan fingerprint density at radius 3 is 1.43 bits per heavy atom. The minimum Gasteiger partial charge on any atom is -0.417 e. The van der Waals surface area contributed by atoms with Crippen molar-refractivity contribution in [2.75, 3.05) is 19.8 Å². The molecule has 0 aromatic rings. The Morgan fingerprint density at radius 2 is 1.22 bits per heavy atom.